The number of benzene rings is 1. The fourth-order valence-corrected chi connectivity index (χ4v) is 2.73. The highest BCUT2D eigenvalue weighted by Crippen LogP contribution is 2.28. The molecule has 0 aliphatic carbocycles. The van der Waals surface area contributed by atoms with Gasteiger partial charge in [-0.15, -0.1) is 11.3 Å². The first-order valence-electron chi connectivity index (χ1n) is 4.23. The van der Waals surface area contributed by atoms with Gasteiger partial charge in [-0.1, -0.05) is 19.9 Å². The van der Waals surface area contributed by atoms with E-state index in [0.29, 0.717) is 5.92 Å². The predicted molar refractivity (Wildman–Crippen MR) is 61.4 cm³/mol. The molecular weight excluding hydrogens is 246 g/mol. The molecule has 1 nitrogen and oxygen atoms in total. The summed E-state index contributed by atoms with van der Waals surface area (Å²) in [5.41, 5.74) is 2.46. The molecule has 0 spiro atoms. The number of hydrogen-bond acceptors (Lipinski definition) is 2. The number of hydrogen-bond donors (Lipinski definition) is 0. The van der Waals surface area contributed by atoms with Crippen molar-refractivity contribution in [3.63, 3.8) is 0 Å². The second-order valence-electron chi connectivity index (χ2n) is 3.35. The lowest BCUT2D eigenvalue weighted by Crippen LogP contribution is -1.84. The van der Waals surface area contributed by atoms with E-state index in [-0.39, 0.29) is 0 Å². The quantitative estimate of drug-likeness (QED) is 0.745. The van der Waals surface area contributed by atoms with Gasteiger partial charge in [0.25, 0.3) is 0 Å². The number of aromatic nitrogens is 1. The monoisotopic (exact) mass is 255 g/mol. The summed E-state index contributed by atoms with van der Waals surface area (Å²) >= 11 is 5.08. The van der Waals surface area contributed by atoms with Crippen LogP contribution in [-0.2, 0) is 0 Å². The van der Waals surface area contributed by atoms with E-state index in [2.05, 4.69) is 53.0 Å². The van der Waals surface area contributed by atoms with E-state index in [0.717, 1.165) is 9.43 Å². The maximum Gasteiger partial charge on any atom is 0.160 e. The second-order valence-corrected chi connectivity index (χ2v) is 5.66. The molecule has 0 aliphatic heterocycles. The molecule has 2 aromatic rings. The topological polar surface area (TPSA) is 12.9 Å². The normalized spacial score (nSPS) is 11.4. The van der Waals surface area contributed by atoms with Crippen LogP contribution in [0.1, 0.15) is 25.3 Å². The Labute approximate surface area is 89.9 Å². The molecule has 0 saturated carbocycles. The summed E-state index contributed by atoms with van der Waals surface area (Å²) in [6.07, 6.45) is 0. The zero-order valence-electron chi connectivity index (χ0n) is 7.54. The van der Waals surface area contributed by atoms with Crippen molar-refractivity contribution in [1.29, 1.82) is 0 Å². The van der Waals surface area contributed by atoms with Crippen LogP contribution < -0.4 is 0 Å². The molecule has 0 amide bonds. The molecule has 0 unspecified atom stereocenters. The van der Waals surface area contributed by atoms with Gasteiger partial charge in [0.2, 0.25) is 0 Å². The number of halogens is 1. The van der Waals surface area contributed by atoms with Gasteiger partial charge in [-0.2, -0.15) is 0 Å². The zero-order chi connectivity index (χ0) is 9.42. The lowest BCUT2D eigenvalue weighted by molar-refractivity contribution is 0.869. The molecule has 1 heterocycles. The summed E-state index contributed by atoms with van der Waals surface area (Å²) in [6, 6.07) is 6.47. The van der Waals surface area contributed by atoms with Crippen molar-refractivity contribution < 1.29 is 0 Å². The highest BCUT2D eigenvalue weighted by atomic mass is 79.9. The Kier molecular flexibility index (Phi) is 2.39. The number of nitrogens with zero attached hydrogens (tertiary/aromatic N) is 1. The Hall–Kier alpha value is -0.410. The van der Waals surface area contributed by atoms with Crippen LogP contribution >= 0.6 is 27.3 Å². The Morgan fingerprint density at radius 3 is 2.85 bits per heavy atom. The number of rotatable bonds is 1. The molecule has 0 atom stereocenters. The summed E-state index contributed by atoms with van der Waals surface area (Å²) in [7, 11) is 0. The second kappa shape index (κ2) is 3.39. The van der Waals surface area contributed by atoms with Gasteiger partial charge in [-0.3, -0.25) is 0 Å². The Balaban J connectivity index is 2.61. The fourth-order valence-electron chi connectivity index (χ4n) is 1.27. The van der Waals surface area contributed by atoms with Crippen molar-refractivity contribution in [1.82, 2.24) is 4.98 Å². The van der Waals surface area contributed by atoms with Crippen LogP contribution in [-0.4, -0.2) is 4.98 Å². The zero-order valence-corrected chi connectivity index (χ0v) is 9.95. The van der Waals surface area contributed by atoms with Crippen LogP contribution in [0.4, 0.5) is 0 Å². The highest BCUT2D eigenvalue weighted by Gasteiger charge is 2.04. The summed E-state index contributed by atoms with van der Waals surface area (Å²) in [6.45, 7) is 4.41. The lowest BCUT2D eigenvalue weighted by atomic mass is 10.0. The first-order chi connectivity index (χ1) is 6.16. The van der Waals surface area contributed by atoms with Gasteiger partial charge in [0.1, 0.15) is 0 Å². The molecule has 68 valence electrons. The van der Waals surface area contributed by atoms with Crippen molar-refractivity contribution >= 4 is 37.5 Å². The van der Waals surface area contributed by atoms with Gasteiger partial charge < -0.3 is 0 Å². The van der Waals surface area contributed by atoms with Gasteiger partial charge in [0.15, 0.2) is 3.92 Å². The third-order valence-corrected chi connectivity index (χ3v) is 3.52. The summed E-state index contributed by atoms with van der Waals surface area (Å²) in [5.74, 6) is 0.588. The third-order valence-electron chi connectivity index (χ3n) is 2.05. The molecule has 0 saturated heterocycles. The molecule has 1 aromatic carbocycles. The van der Waals surface area contributed by atoms with Crippen molar-refractivity contribution in [3.05, 3.63) is 27.7 Å². The minimum atomic E-state index is 0.588. The summed E-state index contributed by atoms with van der Waals surface area (Å²) in [5, 5.41) is 0. The molecule has 3 heteroatoms. The molecule has 0 aliphatic rings. The van der Waals surface area contributed by atoms with Crippen LogP contribution in [0.2, 0.25) is 0 Å². The van der Waals surface area contributed by atoms with Gasteiger partial charge in [-0.05, 0) is 39.5 Å². The number of thiazole rings is 1. The average molecular weight is 256 g/mol. The van der Waals surface area contributed by atoms with Gasteiger partial charge >= 0.3 is 0 Å². The van der Waals surface area contributed by atoms with E-state index in [1.165, 1.54) is 10.3 Å². The van der Waals surface area contributed by atoms with Crippen molar-refractivity contribution in [2.45, 2.75) is 19.8 Å². The lowest BCUT2D eigenvalue weighted by Gasteiger charge is -2.03. The van der Waals surface area contributed by atoms with Crippen molar-refractivity contribution in [2.75, 3.05) is 0 Å². The van der Waals surface area contributed by atoms with E-state index in [1.807, 2.05) is 0 Å². The van der Waals surface area contributed by atoms with Crippen molar-refractivity contribution in [2.24, 2.45) is 0 Å². The van der Waals surface area contributed by atoms with Crippen LogP contribution in [0.5, 0.6) is 0 Å². The highest BCUT2D eigenvalue weighted by molar-refractivity contribution is 9.11. The Morgan fingerprint density at radius 1 is 1.38 bits per heavy atom. The molecular formula is C10H10BrNS. The fraction of sp³-hybridized carbons (Fsp3) is 0.300. The minimum Gasteiger partial charge on any atom is -0.229 e. The maximum atomic E-state index is 4.35. The third kappa shape index (κ3) is 1.76. The molecule has 2 rings (SSSR count). The SMILES string of the molecule is CC(C)c1ccc2nc(Br)sc2c1. The largest absolute Gasteiger partial charge is 0.229 e. The van der Waals surface area contributed by atoms with Gasteiger partial charge in [0, 0.05) is 0 Å². The van der Waals surface area contributed by atoms with E-state index in [1.54, 1.807) is 11.3 Å². The van der Waals surface area contributed by atoms with E-state index in [9.17, 15) is 0 Å². The standard InChI is InChI=1S/C10H10BrNS/c1-6(2)7-3-4-8-9(5-7)13-10(11)12-8/h3-6H,1-2H3. The van der Waals surface area contributed by atoms with Crippen LogP contribution in [0.3, 0.4) is 0 Å². The predicted octanol–water partition coefficient (Wildman–Crippen LogP) is 4.18. The average Bonchev–Trinajstić information content (AvgIpc) is 2.42. The first-order valence-corrected chi connectivity index (χ1v) is 5.84. The first kappa shape index (κ1) is 9.16. The molecule has 0 radical (unpaired) electrons. The maximum absolute atomic E-state index is 4.35. The van der Waals surface area contributed by atoms with Crippen LogP contribution in [0, 0.1) is 0 Å². The molecule has 0 bridgehead atoms. The van der Waals surface area contributed by atoms with E-state index >= 15 is 0 Å². The Bertz CT molecular complexity index is 433. The molecule has 0 N–H and O–H groups in total. The molecule has 0 fully saturated rings. The molecule has 13 heavy (non-hydrogen) atoms. The van der Waals surface area contributed by atoms with Crippen LogP contribution in [0.15, 0.2) is 22.1 Å². The van der Waals surface area contributed by atoms with E-state index in [4.69, 9.17) is 0 Å². The molecule has 1 aromatic heterocycles. The summed E-state index contributed by atoms with van der Waals surface area (Å²) < 4.78 is 2.22. The van der Waals surface area contributed by atoms with E-state index < -0.39 is 0 Å². The minimum absolute atomic E-state index is 0.588. The van der Waals surface area contributed by atoms with Gasteiger partial charge in [0.05, 0.1) is 10.2 Å². The van der Waals surface area contributed by atoms with Gasteiger partial charge in [-0.25, -0.2) is 4.98 Å². The Morgan fingerprint density at radius 2 is 2.15 bits per heavy atom. The number of fused-ring (bicyclic) bond motifs is 1. The van der Waals surface area contributed by atoms with Crippen molar-refractivity contribution in [3.8, 4) is 0 Å². The summed E-state index contributed by atoms with van der Waals surface area (Å²) in [4.78, 5) is 4.35. The van der Waals surface area contributed by atoms with Crippen LogP contribution in [0.25, 0.3) is 10.2 Å². The smallest absolute Gasteiger partial charge is 0.160 e.